The van der Waals surface area contributed by atoms with Gasteiger partial charge in [-0.2, -0.15) is 0 Å². The van der Waals surface area contributed by atoms with Crippen molar-refractivity contribution in [3.63, 3.8) is 0 Å². The van der Waals surface area contributed by atoms with Crippen LogP contribution >= 0.6 is 0 Å². The van der Waals surface area contributed by atoms with Crippen molar-refractivity contribution in [1.82, 2.24) is 10.6 Å². The molecule has 2 amide bonds. The standard InChI is InChI=1S/C36H48N2O14/c1-18(41)27(33(46)37-12-13-39)38-32(45)20-15-24(31-25(16-20)51-36(52-31,21-8-9-21)22-10-11-22)49-34(47)23-7-3-2-5-19(23)6-4-14-48-35-30(44)29(43)28(42)26(17-40)50-35/h2-7,16,18,21-22,24-31,35,39-44H,8-15,17H2,1H3,(H,37,46)(H,38,45)/t18-,24+,25+,26+,27+,28-,29-,30+,31-,35-/m0/s1. The van der Waals surface area contributed by atoms with Crippen LogP contribution in [0.15, 0.2) is 42.0 Å². The summed E-state index contributed by atoms with van der Waals surface area (Å²) in [6, 6.07) is 5.34. The maximum absolute atomic E-state index is 13.8. The van der Waals surface area contributed by atoms with Crippen molar-refractivity contribution in [3.8, 4) is 0 Å². The van der Waals surface area contributed by atoms with Crippen LogP contribution in [0.2, 0.25) is 0 Å². The Morgan fingerprint density at radius 2 is 1.73 bits per heavy atom. The van der Waals surface area contributed by atoms with Gasteiger partial charge in [-0.05, 0) is 50.3 Å². The second-order valence-corrected chi connectivity index (χ2v) is 14.0. The average molecular weight is 733 g/mol. The third-order valence-corrected chi connectivity index (χ3v) is 10.1. The van der Waals surface area contributed by atoms with Crippen molar-refractivity contribution < 1.29 is 68.7 Å². The van der Waals surface area contributed by atoms with E-state index in [0.717, 1.165) is 25.7 Å². The van der Waals surface area contributed by atoms with Crippen LogP contribution in [0.25, 0.3) is 6.08 Å². The first-order valence-electron chi connectivity index (χ1n) is 17.8. The zero-order valence-electron chi connectivity index (χ0n) is 28.8. The van der Waals surface area contributed by atoms with E-state index in [1.165, 1.54) is 6.92 Å². The van der Waals surface area contributed by atoms with E-state index in [1.54, 1.807) is 42.5 Å². The molecule has 0 unspecified atom stereocenters. The van der Waals surface area contributed by atoms with Gasteiger partial charge in [0, 0.05) is 30.4 Å². The predicted molar refractivity (Wildman–Crippen MR) is 179 cm³/mol. The monoisotopic (exact) mass is 732 g/mol. The summed E-state index contributed by atoms with van der Waals surface area (Å²) in [6.07, 6.45) is -2.19. The van der Waals surface area contributed by atoms with E-state index >= 15 is 0 Å². The van der Waals surface area contributed by atoms with Crippen molar-refractivity contribution in [2.24, 2.45) is 11.8 Å². The van der Waals surface area contributed by atoms with Gasteiger partial charge in [0.2, 0.25) is 11.8 Å². The number of amides is 2. The van der Waals surface area contributed by atoms with Gasteiger partial charge in [-0.1, -0.05) is 30.4 Å². The van der Waals surface area contributed by atoms with Gasteiger partial charge in [-0.3, -0.25) is 9.59 Å². The van der Waals surface area contributed by atoms with E-state index in [-0.39, 0.29) is 49.2 Å². The number of aliphatic hydroxyl groups excluding tert-OH is 6. The van der Waals surface area contributed by atoms with Crippen LogP contribution in [0.5, 0.6) is 0 Å². The van der Waals surface area contributed by atoms with E-state index in [2.05, 4.69) is 10.6 Å². The lowest BCUT2D eigenvalue weighted by atomic mass is 9.91. The molecule has 4 fully saturated rings. The van der Waals surface area contributed by atoms with Crippen molar-refractivity contribution in [1.29, 1.82) is 0 Å². The van der Waals surface area contributed by atoms with Crippen LogP contribution in [0.1, 0.15) is 54.9 Å². The fourth-order valence-corrected chi connectivity index (χ4v) is 7.06. The maximum Gasteiger partial charge on any atom is 0.339 e. The molecule has 2 heterocycles. The lowest BCUT2D eigenvalue weighted by Gasteiger charge is -2.39. The highest BCUT2D eigenvalue weighted by molar-refractivity contribution is 5.98. The van der Waals surface area contributed by atoms with Gasteiger partial charge in [-0.25, -0.2) is 4.79 Å². The molecule has 1 aromatic rings. The molecule has 8 N–H and O–H groups in total. The first kappa shape index (κ1) is 38.4. The zero-order valence-corrected chi connectivity index (χ0v) is 28.8. The Hall–Kier alpha value is -3.29. The van der Waals surface area contributed by atoms with Crippen LogP contribution in [0, 0.1) is 11.8 Å². The summed E-state index contributed by atoms with van der Waals surface area (Å²) in [4.78, 5) is 40.1. The van der Waals surface area contributed by atoms with Crippen LogP contribution in [0.4, 0.5) is 0 Å². The number of hydrogen-bond acceptors (Lipinski definition) is 14. The van der Waals surface area contributed by atoms with Crippen LogP contribution < -0.4 is 10.6 Å². The SMILES string of the molecule is C[C@H](O)[C@@H](NC(=O)C1=C[C@H]2OC(C3CC3)(C3CC3)O[C@H]2[C@H](OC(=O)c2ccccc2C=CCO[C@H]2O[C@H](CO)[C@H](O)[C@H](O)[C@H]2O)C1)C(=O)NCCO. The number of carbonyl (C=O) groups excluding carboxylic acids is 3. The van der Waals surface area contributed by atoms with Crippen molar-refractivity contribution >= 4 is 23.9 Å². The molecule has 16 nitrogen and oxygen atoms in total. The second-order valence-electron chi connectivity index (χ2n) is 14.0. The summed E-state index contributed by atoms with van der Waals surface area (Å²) in [5.41, 5.74) is 0.866. The molecular weight excluding hydrogens is 684 g/mol. The molecule has 0 bridgehead atoms. The molecule has 286 valence electrons. The number of aliphatic hydroxyl groups is 6. The lowest BCUT2D eigenvalue weighted by molar-refractivity contribution is -0.298. The van der Waals surface area contributed by atoms with E-state index in [4.69, 9.17) is 28.8 Å². The van der Waals surface area contributed by atoms with Crippen LogP contribution in [-0.4, -0.2) is 142 Å². The molecule has 0 aromatic heterocycles. The van der Waals surface area contributed by atoms with Gasteiger partial charge in [0.15, 0.2) is 12.1 Å². The quantitative estimate of drug-likeness (QED) is 0.0973. The van der Waals surface area contributed by atoms with Crippen LogP contribution in [0.3, 0.4) is 0 Å². The molecule has 0 radical (unpaired) electrons. The summed E-state index contributed by atoms with van der Waals surface area (Å²) in [6.45, 7) is 0.275. The molecular formula is C36H48N2O14. The number of nitrogens with one attached hydrogen (secondary N) is 2. The summed E-state index contributed by atoms with van der Waals surface area (Å²) in [5, 5.41) is 64.1. The highest BCUT2D eigenvalue weighted by atomic mass is 16.8. The first-order valence-corrected chi connectivity index (χ1v) is 17.8. The molecule has 5 aliphatic rings. The topological polar surface area (TPSA) is 243 Å². The zero-order chi connectivity index (χ0) is 37.2. The number of hydrogen-bond donors (Lipinski definition) is 8. The minimum Gasteiger partial charge on any atom is -0.456 e. The Kier molecular flexibility index (Phi) is 12.1. The van der Waals surface area contributed by atoms with Crippen molar-refractivity contribution in [2.75, 3.05) is 26.4 Å². The Labute approximate surface area is 300 Å². The van der Waals surface area contributed by atoms with Crippen LogP contribution in [-0.2, 0) is 33.3 Å². The molecule has 1 aromatic carbocycles. The molecule has 52 heavy (non-hydrogen) atoms. The average Bonchev–Trinajstić information content (AvgIpc) is 4.08. The van der Waals surface area contributed by atoms with E-state index < -0.39 is 91.3 Å². The third kappa shape index (κ3) is 8.26. The summed E-state index contributed by atoms with van der Waals surface area (Å²) in [5.74, 6) is -2.45. The highest BCUT2D eigenvalue weighted by Crippen LogP contribution is 2.59. The van der Waals surface area contributed by atoms with Gasteiger partial charge in [0.25, 0.3) is 0 Å². The van der Waals surface area contributed by atoms with E-state index in [0.29, 0.717) is 5.56 Å². The number of fused-ring (bicyclic) bond motifs is 1. The Morgan fingerprint density at radius 1 is 1.02 bits per heavy atom. The summed E-state index contributed by atoms with van der Waals surface area (Å²) < 4.78 is 30.3. The van der Waals surface area contributed by atoms with E-state index in [9.17, 15) is 39.9 Å². The molecule has 10 atom stereocenters. The number of carbonyl (C=O) groups is 3. The Morgan fingerprint density at radius 3 is 2.38 bits per heavy atom. The summed E-state index contributed by atoms with van der Waals surface area (Å²) in [7, 11) is 0. The minimum absolute atomic E-state index is 0.0523. The largest absolute Gasteiger partial charge is 0.456 e. The number of ether oxygens (including phenoxy) is 5. The van der Waals surface area contributed by atoms with Gasteiger partial charge < -0.3 is 65.0 Å². The predicted octanol–water partition coefficient (Wildman–Crippen LogP) is -1.35. The smallest absolute Gasteiger partial charge is 0.339 e. The fraction of sp³-hybridized carbons (Fsp3) is 0.639. The summed E-state index contributed by atoms with van der Waals surface area (Å²) >= 11 is 0. The molecule has 2 saturated heterocycles. The van der Waals surface area contributed by atoms with Crippen molar-refractivity contribution in [3.05, 3.63) is 53.1 Å². The number of benzene rings is 1. The van der Waals surface area contributed by atoms with Gasteiger partial charge in [-0.15, -0.1) is 0 Å². The highest BCUT2D eigenvalue weighted by Gasteiger charge is 2.64. The second kappa shape index (κ2) is 16.4. The Bertz CT molecular complexity index is 1500. The first-order chi connectivity index (χ1) is 25.0. The molecule has 3 aliphatic carbocycles. The van der Waals surface area contributed by atoms with E-state index in [1.807, 2.05) is 0 Å². The Balaban J connectivity index is 1.17. The molecule has 2 aliphatic heterocycles. The maximum atomic E-state index is 13.8. The lowest BCUT2D eigenvalue weighted by Crippen LogP contribution is -2.59. The molecule has 0 spiro atoms. The molecule has 16 heteroatoms. The van der Waals surface area contributed by atoms with Gasteiger partial charge in [0.05, 0.1) is 31.5 Å². The molecule has 2 saturated carbocycles. The molecule has 6 rings (SSSR count). The van der Waals surface area contributed by atoms with Gasteiger partial charge in [0.1, 0.15) is 48.8 Å². The van der Waals surface area contributed by atoms with Gasteiger partial charge >= 0.3 is 5.97 Å². The number of rotatable bonds is 15. The normalized spacial score (nSPS) is 32.4. The fourth-order valence-electron chi connectivity index (χ4n) is 7.06. The third-order valence-electron chi connectivity index (χ3n) is 10.1. The number of esters is 1. The minimum atomic E-state index is -1.58. The van der Waals surface area contributed by atoms with Crippen molar-refractivity contribution in [2.45, 2.75) is 106 Å².